The van der Waals surface area contributed by atoms with Crippen molar-refractivity contribution in [2.45, 2.75) is 26.4 Å². The van der Waals surface area contributed by atoms with Crippen LogP contribution >= 0.6 is 0 Å². The largest absolute Gasteiger partial charge is 0.419 e. The Bertz CT molecular complexity index is 527. The lowest BCUT2D eigenvalue weighted by Crippen LogP contribution is -2.33. The molecule has 4 nitrogen and oxygen atoms in total. The number of rotatable bonds is 5. The first kappa shape index (κ1) is 17.1. The van der Waals surface area contributed by atoms with Crippen LogP contribution in [0.15, 0.2) is 23.4 Å². The lowest BCUT2D eigenvalue weighted by molar-refractivity contribution is -0.139. The summed E-state index contributed by atoms with van der Waals surface area (Å²) in [6.07, 6.45) is -4.32. The van der Waals surface area contributed by atoms with Crippen LogP contribution < -0.4 is 11.1 Å². The smallest absolute Gasteiger partial charge is 0.409 e. The molecule has 0 aromatic heterocycles. The van der Waals surface area contributed by atoms with E-state index in [4.69, 9.17) is 10.9 Å². The summed E-state index contributed by atoms with van der Waals surface area (Å²) in [6, 6.07) is 2.70. The highest BCUT2D eigenvalue weighted by Gasteiger charge is 2.34. The first-order chi connectivity index (χ1) is 9.58. The van der Waals surface area contributed by atoms with Crippen LogP contribution in [0.4, 0.5) is 23.2 Å². The number of nitrogens with zero attached hydrogens (tertiary/aromatic N) is 1. The number of alkyl halides is 3. The molecule has 1 aromatic carbocycles. The third-order valence-corrected chi connectivity index (χ3v) is 3.15. The van der Waals surface area contributed by atoms with Crippen LogP contribution in [-0.4, -0.2) is 17.6 Å². The molecular weight excluding hydrogens is 290 g/mol. The molecule has 118 valence electrons. The number of benzene rings is 1. The number of anilines is 1. The van der Waals surface area contributed by atoms with E-state index in [1.807, 2.05) is 0 Å². The zero-order valence-corrected chi connectivity index (χ0v) is 11.6. The molecule has 0 fully saturated rings. The molecule has 0 aliphatic carbocycles. The molecule has 1 aromatic rings. The molecule has 0 bridgehead atoms. The molecular formula is C13H17F4N3O. The first-order valence-electron chi connectivity index (χ1n) is 6.16. The first-order valence-corrected chi connectivity index (χ1v) is 6.16. The molecule has 0 atom stereocenters. The fourth-order valence-electron chi connectivity index (χ4n) is 1.64. The van der Waals surface area contributed by atoms with E-state index >= 15 is 0 Å². The molecule has 0 aliphatic rings. The van der Waals surface area contributed by atoms with Gasteiger partial charge in [-0.2, -0.15) is 13.2 Å². The van der Waals surface area contributed by atoms with Gasteiger partial charge in [0.2, 0.25) is 0 Å². The standard InChI is InChI=1S/C13H17F4N3O/c1-12(2,11(18)20-21)5-6-19-8-3-4-10(14)9(7-8)13(15,16)17/h3-4,7,19,21H,5-6H2,1-2H3,(H2,18,20). The van der Waals surface area contributed by atoms with E-state index in [2.05, 4.69) is 10.5 Å². The van der Waals surface area contributed by atoms with Crippen molar-refractivity contribution in [1.29, 1.82) is 0 Å². The van der Waals surface area contributed by atoms with Crippen molar-refractivity contribution in [1.82, 2.24) is 0 Å². The second-order valence-corrected chi connectivity index (χ2v) is 5.24. The van der Waals surface area contributed by atoms with Crippen LogP contribution in [-0.2, 0) is 6.18 Å². The monoisotopic (exact) mass is 307 g/mol. The Labute approximate surface area is 119 Å². The predicted octanol–water partition coefficient (Wildman–Crippen LogP) is 3.42. The zero-order valence-electron chi connectivity index (χ0n) is 11.6. The fourth-order valence-corrected chi connectivity index (χ4v) is 1.64. The number of hydrogen-bond acceptors (Lipinski definition) is 3. The van der Waals surface area contributed by atoms with Gasteiger partial charge in [0.05, 0.1) is 5.56 Å². The van der Waals surface area contributed by atoms with Gasteiger partial charge >= 0.3 is 6.18 Å². The fraction of sp³-hybridized carbons (Fsp3) is 0.462. The highest BCUT2D eigenvalue weighted by atomic mass is 19.4. The second-order valence-electron chi connectivity index (χ2n) is 5.24. The second kappa shape index (κ2) is 6.19. The number of hydrogen-bond donors (Lipinski definition) is 3. The highest BCUT2D eigenvalue weighted by Crippen LogP contribution is 2.33. The van der Waals surface area contributed by atoms with E-state index in [9.17, 15) is 17.6 Å². The van der Waals surface area contributed by atoms with Crippen molar-refractivity contribution in [3.63, 3.8) is 0 Å². The van der Waals surface area contributed by atoms with E-state index in [0.717, 1.165) is 6.07 Å². The van der Waals surface area contributed by atoms with Gasteiger partial charge in [-0.1, -0.05) is 19.0 Å². The Morgan fingerprint density at radius 2 is 1.95 bits per heavy atom. The van der Waals surface area contributed by atoms with Crippen molar-refractivity contribution >= 4 is 11.5 Å². The Hall–Kier alpha value is -1.99. The van der Waals surface area contributed by atoms with Crippen LogP contribution in [0.2, 0.25) is 0 Å². The number of amidine groups is 1. The van der Waals surface area contributed by atoms with Gasteiger partial charge in [-0.3, -0.25) is 0 Å². The number of nitrogens with one attached hydrogen (secondary N) is 1. The minimum atomic E-state index is -4.74. The number of halogens is 4. The van der Waals surface area contributed by atoms with Crippen LogP contribution in [0.5, 0.6) is 0 Å². The summed E-state index contributed by atoms with van der Waals surface area (Å²) >= 11 is 0. The average molecular weight is 307 g/mol. The highest BCUT2D eigenvalue weighted by molar-refractivity contribution is 5.85. The summed E-state index contributed by atoms with van der Waals surface area (Å²) in [5, 5.41) is 14.3. The van der Waals surface area contributed by atoms with Crippen LogP contribution in [0.25, 0.3) is 0 Å². The number of oxime groups is 1. The summed E-state index contributed by atoms with van der Waals surface area (Å²) in [7, 11) is 0. The predicted molar refractivity (Wildman–Crippen MR) is 71.7 cm³/mol. The van der Waals surface area contributed by atoms with Gasteiger partial charge in [-0.15, -0.1) is 0 Å². The number of nitrogens with two attached hydrogens (primary N) is 1. The summed E-state index contributed by atoms with van der Waals surface area (Å²) < 4.78 is 50.8. The average Bonchev–Trinajstić information content (AvgIpc) is 2.38. The Kier molecular flexibility index (Phi) is 5.03. The van der Waals surface area contributed by atoms with E-state index in [0.29, 0.717) is 12.5 Å². The molecule has 0 unspecified atom stereocenters. The molecule has 0 saturated carbocycles. The van der Waals surface area contributed by atoms with Gasteiger partial charge in [0.1, 0.15) is 11.7 Å². The third-order valence-electron chi connectivity index (χ3n) is 3.15. The molecule has 0 radical (unpaired) electrons. The molecule has 8 heteroatoms. The Morgan fingerprint density at radius 3 is 2.48 bits per heavy atom. The van der Waals surface area contributed by atoms with Gasteiger partial charge in [-0.25, -0.2) is 4.39 Å². The topological polar surface area (TPSA) is 70.6 Å². The van der Waals surface area contributed by atoms with Gasteiger partial charge in [0, 0.05) is 17.6 Å². The maximum atomic E-state index is 13.1. The molecule has 0 amide bonds. The minimum Gasteiger partial charge on any atom is -0.409 e. The lowest BCUT2D eigenvalue weighted by Gasteiger charge is -2.23. The SMILES string of the molecule is CC(C)(CCNc1ccc(F)c(C(F)(F)F)c1)C(N)=NO. The van der Waals surface area contributed by atoms with Crippen LogP contribution in [0.1, 0.15) is 25.8 Å². The minimum absolute atomic E-state index is 0.0272. The maximum absolute atomic E-state index is 13.1. The van der Waals surface area contributed by atoms with Crippen molar-refractivity contribution in [2.24, 2.45) is 16.3 Å². The molecule has 1 rings (SSSR count). The summed E-state index contributed by atoms with van der Waals surface area (Å²) in [6.45, 7) is 3.75. The van der Waals surface area contributed by atoms with Gasteiger partial charge in [0.15, 0.2) is 0 Å². The van der Waals surface area contributed by atoms with Crippen molar-refractivity contribution in [2.75, 3.05) is 11.9 Å². The maximum Gasteiger partial charge on any atom is 0.419 e. The third kappa shape index (κ3) is 4.51. The van der Waals surface area contributed by atoms with E-state index in [-0.39, 0.29) is 18.1 Å². The quantitative estimate of drug-likeness (QED) is 0.257. The molecule has 0 spiro atoms. The van der Waals surface area contributed by atoms with Crippen molar-refractivity contribution in [3.05, 3.63) is 29.6 Å². The van der Waals surface area contributed by atoms with Gasteiger partial charge < -0.3 is 16.3 Å². The summed E-state index contributed by atoms with van der Waals surface area (Å²) in [4.78, 5) is 0. The summed E-state index contributed by atoms with van der Waals surface area (Å²) in [5.41, 5.74) is 3.72. The molecule has 0 heterocycles. The molecule has 0 saturated heterocycles. The Morgan fingerprint density at radius 1 is 1.33 bits per heavy atom. The Balaban J connectivity index is 2.74. The van der Waals surface area contributed by atoms with Crippen molar-refractivity contribution < 1.29 is 22.8 Å². The van der Waals surface area contributed by atoms with E-state index in [1.54, 1.807) is 13.8 Å². The lowest BCUT2D eigenvalue weighted by atomic mass is 9.88. The van der Waals surface area contributed by atoms with Crippen LogP contribution in [0.3, 0.4) is 0 Å². The molecule has 21 heavy (non-hydrogen) atoms. The zero-order chi connectivity index (χ0) is 16.3. The molecule has 0 aliphatic heterocycles. The molecule has 4 N–H and O–H groups in total. The van der Waals surface area contributed by atoms with E-state index in [1.165, 1.54) is 6.07 Å². The van der Waals surface area contributed by atoms with Gasteiger partial charge in [-0.05, 0) is 24.6 Å². The van der Waals surface area contributed by atoms with Gasteiger partial charge in [0.25, 0.3) is 0 Å². The normalized spacial score (nSPS) is 13.3. The van der Waals surface area contributed by atoms with Crippen molar-refractivity contribution in [3.8, 4) is 0 Å². The van der Waals surface area contributed by atoms with E-state index < -0.39 is 23.0 Å². The van der Waals surface area contributed by atoms with Crippen LogP contribution in [0, 0.1) is 11.2 Å². The summed E-state index contributed by atoms with van der Waals surface area (Å²) in [5.74, 6) is -1.29.